The molecule has 0 saturated carbocycles. The number of hydrogen-bond donors (Lipinski definition) is 3. The second kappa shape index (κ2) is 8.43. The molecule has 1 amide bonds. The van der Waals surface area contributed by atoms with Gasteiger partial charge in [-0.05, 0) is 23.1 Å². The van der Waals surface area contributed by atoms with Gasteiger partial charge >= 0.3 is 0 Å². The van der Waals surface area contributed by atoms with Gasteiger partial charge in [0.05, 0.1) is 5.69 Å². The van der Waals surface area contributed by atoms with Gasteiger partial charge in [0.2, 0.25) is 0 Å². The van der Waals surface area contributed by atoms with Crippen LogP contribution in [0.4, 0.5) is 11.4 Å². The number of carbonyl (C=O) groups is 1. The lowest BCUT2D eigenvalue weighted by molar-refractivity contribution is 0.0940. The molecule has 1 aliphatic heterocycles. The van der Waals surface area contributed by atoms with Gasteiger partial charge in [0.15, 0.2) is 5.82 Å². The molecule has 34 heavy (non-hydrogen) atoms. The van der Waals surface area contributed by atoms with E-state index in [0.717, 1.165) is 28.7 Å². The average molecular weight is 455 g/mol. The van der Waals surface area contributed by atoms with Gasteiger partial charge in [-0.15, -0.1) is 0 Å². The van der Waals surface area contributed by atoms with Crippen molar-refractivity contribution in [3.63, 3.8) is 0 Å². The second-order valence-electron chi connectivity index (χ2n) is 8.22. The fourth-order valence-corrected chi connectivity index (χ4v) is 4.21. The molecule has 0 radical (unpaired) electrons. The summed E-state index contributed by atoms with van der Waals surface area (Å²) in [6.45, 7) is 1.29. The number of anilines is 2. The summed E-state index contributed by atoms with van der Waals surface area (Å²) in [5.74, 6) is -0.559. The molecule has 0 atom stereocenters. The first kappa shape index (κ1) is 21.3. The highest BCUT2D eigenvalue weighted by Gasteiger charge is 2.26. The summed E-state index contributed by atoms with van der Waals surface area (Å²) in [6, 6.07) is 16.4. The number of nitrogens with zero attached hydrogens (tertiary/aromatic N) is 2. The van der Waals surface area contributed by atoms with Crippen LogP contribution in [0.5, 0.6) is 0 Å². The van der Waals surface area contributed by atoms with Crippen LogP contribution in [-0.4, -0.2) is 22.4 Å². The third-order valence-corrected chi connectivity index (χ3v) is 6.00. The molecule has 1 aromatic heterocycles. The predicted octanol–water partition coefficient (Wildman–Crippen LogP) is 1.11. The number of hydrogen-bond acceptors (Lipinski definition) is 7. The number of aromatic nitrogens is 2. The Morgan fingerprint density at radius 1 is 1.03 bits per heavy atom. The van der Waals surface area contributed by atoms with Crippen molar-refractivity contribution in [3.8, 4) is 11.3 Å². The van der Waals surface area contributed by atoms with Gasteiger partial charge in [0, 0.05) is 31.3 Å². The maximum absolute atomic E-state index is 12.7. The molecule has 0 fully saturated rings. The van der Waals surface area contributed by atoms with Gasteiger partial charge in [-0.2, -0.15) is 0 Å². The highest BCUT2D eigenvalue weighted by Crippen LogP contribution is 2.26. The monoisotopic (exact) mass is 455 g/mol. The van der Waals surface area contributed by atoms with Crippen molar-refractivity contribution in [1.29, 1.82) is 0 Å². The van der Waals surface area contributed by atoms with Gasteiger partial charge in [-0.1, -0.05) is 48.5 Å². The number of nitrogen functional groups attached to an aromatic ring is 1. The first-order chi connectivity index (χ1) is 16.4. The molecule has 3 aromatic carbocycles. The molecule has 0 spiro atoms. The van der Waals surface area contributed by atoms with Crippen molar-refractivity contribution < 1.29 is 4.79 Å². The molecule has 4 N–H and O–H groups in total. The Morgan fingerprint density at radius 3 is 2.59 bits per heavy atom. The lowest BCUT2D eigenvalue weighted by atomic mass is 9.96. The quantitative estimate of drug-likeness (QED) is 0.383. The van der Waals surface area contributed by atoms with Gasteiger partial charge in [-0.25, -0.2) is 4.98 Å². The molecular formula is C25H21N5O4. The van der Waals surface area contributed by atoms with Crippen LogP contribution in [-0.2, 0) is 19.5 Å². The molecule has 170 valence electrons. The molecule has 1 aliphatic rings. The maximum atomic E-state index is 12.7. The molecule has 5 rings (SSSR count). The normalized spacial score (nSPS) is 13.0. The van der Waals surface area contributed by atoms with Crippen LogP contribution in [0.15, 0.2) is 69.0 Å². The SMILES string of the molecule is Nc1c(N2CCc3ccc(CNC(=O)c4nc(-c5ccccc5)cc(=O)[nH]4)cc3C2)c(=O)c1=O. The zero-order valence-electron chi connectivity index (χ0n) is 18.1. The van der Waals surface area contributed by atoms with Crippen LogP contribution in [0.25, 0.3) is 11.3 Å². The number of nitrogens with one attached hydrogen (secondary N) is 2. The van der Waals surface area contributed by atoms with Gasteiger partial charge in [-0.3, -0.25) is 19.2 Å². The zero-order valence-corrected chi connectivity index (χ0v) is 18.1. The zero-order chi connectivity index (χ0) is 23.8. The third kappa shape index (κ3) is 3.88. The smallest absolute Gasteiger partial charge is 0.287 e. The molecule has 0 bridgehead atoms. The predicted molar refractivity (Wildman–Crippen MR) is 128 cm³/mol. The Balaban J connectivity index is 1.30. The van der Waals surface area contributed by atoms with Gasteiger partial charge < -0.3 is 20.9 Å². The first-order valence-corrected chi connectivity index (χ1v) is 10.8. The Bertz CT molecular complexity index is 1530. The average Bonchev–Trinajstić information content (AvgIpc) is 2.87. The Labute approximate surface area is 193 Å². The second-order valence-corrected chi connectivity index (χ2v) is 8.22. The molecule has 2 heterocycles. The molecule has 9 heteroatoms. The van der Waals surface area contributed by atoms with Crippen LogP contribution in [0.2, 0.25) is 0 Å². The van der Waals surface area contributed by atoms with Crippen molar-refractivity contribution in [3.05, 3.63) is 108 Å². The van der Waals surface area contributed by atoms with E-state index in [2.05, 4.69) is 15.3 Å². The number of aromatic amines is 1. The highest BCUT2D eigenvalue weighted by atomic mass is 16.2. The molecule has 0 aliphatic carbocycles. The summed E-state index contributed by atoms with van der Waals surface area (Å²) >= 11 is 0. The van der Waals surface area contributed by atoms with E-state index in [-0.39, 0.29) is 18.1 Å². The van der Waals surface area contributed by atoms with Crippen molar-refractivity contribution in [2.24, 2.45) is 0 Å². The third-order valence-electron chi connectivity index (χ3n) is 6.00. The van der Waals surface area contributed by atoms with Gasteiger partial charge in [0.1, 0.15) is 11.4 Å². The van der Waals surface area contributed by atoms with Crippen LogP contribution >= 0.6 is 0 Å². The van der Waals surface area contributed by atoms with Crippen molar-refractivity contribution in [2.75, 3.05) is 17.2 Å². The van der Waals surface area contributed by atoms with E-state index in [1.54, 1.807) is 0 Å². The summed E-state index contributed by atoms with van der Waals surface area (Å²) in [5.41, 5.74) is 8.62. The number of carbonyl (C=O) groups excluding carboxylic acids is 1. The summed E-state index contributed by atoms with van der Waals surface area (Å²) in [5, 5.41) is 2.79. The van der Waals surface area contributed by atoms with Crippen molar-refractivity contribution >= 4 is 17.3 Å². The van der Waals surface area contributed by atoms with Crippen molar-refractivity contribution in [2.45, 2.75) is 19.5 Å². The molecule has 9 nitrogen and oxygen atoms in total. The summed E-state index contributed by atoms with van der Waals surface area (Å²) < 4.78 is 0. The lowest BCUT2D eigenvalue weighted by Gasteiger charge is -2.32. The Hall–Kier alpha value is -4.53. The van der Waals surface area contributed by atoms with E-state index in [9.17, 15) is 19.2 Å². The summed E-state index contributed by atoms with van der Waals surface area (Å²) in [6.07, 6.45) is 0.720. The van der Waals surface area contributed by atoms with E-state index < -0.39 is 22.3 Å². The fourth-order valence-electron chi connectivity index (χ4n) is 4.21. The van der Waals surface area contributed by atoms with E-state index in [1.807, 2.05) is 53.4 Å². The number of fused-ring (bicyclic) bond motifs is 1. The Kier molecular flexibility index (Phi) is 5.29. The van der Waals surface area contributed by atoms with Crippen LogP contribution in [0.1, 0.15) is 27.3 Å². The fraction of sp³-hybridized carbons (Fsp3) is 0.160. The summed E-state index contributed by atoms with van der Waals surface area (Å²) in [4.78, 5) is 56.7. The number of amides is 1. The lowest BCUT2D eigenvalue weighted by Crippen LogP contribution is -2.44. The van der Waals surface area contributed by atoms with Crippen LogP contribution in [0.3, 0.4) is 0 Å². The largest absolute Gasteiger partial charge is 0.394 e. The molecule has 4 aromatic rings. The maximum Gasteiger partial charge on any atom is 0.287 e. The topological polar surface area (TPSA) is 138 Å². The van der Waals surface area contributed by atoms with E-state index in [1.165, 1.54) is 6.07 Å². The summed E-state index contributed by atoms with van der Waals surface area (Å²) in [7, 11) is 0. The highest BCUT2D eigenvalue weighted by molar-refractivity contribution is 5.90. The molecular weight excluding hydrogens is 434 g/mol. The number of benzene rings is 2. The first-order valence-electron chi connectivity index (χ1n) is 10.8. The minimum absolute atomic E-state index is 0.0242. The standard InChI is InChI=1S/C25H21N5O4/c26-20-21(23(33)22(20)32)30-9-8-15-7-6-14(10-17(15)13-30)12-27-25(34)24-28-18(11-19(31)29-24)16-4-2-1-3-5-16/h1-7,10-11H,8-9,12-13,26H2,(H,27,34)(H,28,29,31). The number of H-pyrrole nitrogens is 1. The minimum atomic E-state index is -0.625. The van der Waals surface area contributed by atoms with E-state index >= 15 is 0 Å². The van der Waals surface area contributed by atoms with Crippen LogP contribution < -0.4 is 32.4 Å². The number of rotatable bonds is 5. The minimum Gasteiger partial charge on any atom is -0.394 e. The molecule has 0 unspecified atom stereocenters. The van der Waals surface area contributed by atoms with Gasteiger partial charge in [0.25, 0.3) is 22.3 Å². The molecule has 0 saturated heterocycles. The number of nitrogens with two attached hydrogens (primary N) is 1. The van der Waals surface area contributed by atoms with Crippen molar-refractivity contribution in [1.82, 2.24) is 15.3 Å². The van der Waals surface area contributed by atoms with E-state index in [4.69, 9.17) is 5.73 Å². The van der Waals surface area contributed by atoms with Crippen LogP contribution in [0, 0.1) is 0 Å². The Morgan fingerprint density at radius 2 is 1.82 bits per heavy atom. The van der Waals surface area contributed by atoms with E-state index in [0.29, 0.717) is 24.5 Å².